The van der Waals surface area contributed by atoms with E-state index in [1.807, 2.05) is 0 Å². The third-order valence-electron chi connectivity index (χ3n) is 5.33. The summed E-state index contributed by atoms with van der Waals surface area (Å²) in [5, 5.41) is 12.4. The van der Waals surface area contributed by atoms with E-state index in [9.17, 15) is 9.90 Å². The molecule has 1 fully saturated rings. The van der Waals surface area contributed by atoms with Gasteiger partial charge < -0.3 is 10.4 Å². The van der Waals surface area contributed by atoms with Crippen LogP contribution in [-0.4, -0.2) is 24.2 Å². The molecule has 0 bridgehead atoms. The molecule has 2 atom stereocenters. The molecule has 1 saturated carbocycles. The zero-order valence-corrected chi connectivity index (χ0v) is 13.7. The summed E-state index contributed by atoms with van der Waals surface area (Å²) in [5.41, 5.74) is 0.0658. The molecule has 0 aromatic carbocycles. The van der Waals surface area contributed by atoms with E-state index >= 15 is 0 Å². The van der Waals surface area contributed by atoms with Crippen LogP contribution in [0.1, 0.15) is 66.2 Å². The van der Waals surface area contributed by atoms with Crippen molar-refractivity contribution in [2.24, 2.45) is 23.2 Å². The van der Waals surface area contributed by atoms with Gasteiger partial charge in [-0.25, -0.2) is 0 Å². The highest BCUT2D eigenvalue weighted by atomic mass is 16.3. The van der Waals surface area contributed by atoms with E-state index < -0.39 is 0 Å². The Morgan fingerprint density at radius 2 is 1.70 bits per heavy atom. The summed E-state index contributed by atoms with van der Waals surface area (Å²) in [6, 6.07) is 0. The van der Waals surface area contributed by atoms with E-state index in [0.29, 0.717) is 18.4 Å². The van der Waals surface area contributed by atoms with Gasteiger partial charge in [0.05, 0.1) is 0 Å². The van der Waals surface area contributed by atoms with Gasteiger partial charge in [-0.1, -0.05) is 27.7 Å². The van der Waals surface area contributed by atoms with Crippen LogP contribution < -0.4 is 5.32 Å². The Bertz CT molecular complexity index is 289. The molecule has 0 aromatic rings. The normalized spacial score (nSPS) is 27.4. The summed E-state index contributed by atoms with van der Waals surface area (Å²) < 4.78 is 0. The Balaban J connectivity index is 2.52. The van der Waals surface area contributed by atoms with E-state index in [-0.39, 0.29) is 23.8 Å². The highest BCUT2D eigenvalue weighted by Crippen LogP contribution is 2.34. The molecule has 118 valence electrons. The van der Waals surface area contributed by atoms with E-state index in [4.69, 9.17) is 0 Å². The van der Waals surface area contributed by atoms with Crippen LogP contribution in [0.4, 0.5) is 0 Å². The molecule has 20 heavy (non-hydrogen) atoms. The quantitative estimate of drug-likeness (QED) is 0.752. The molecule has 2 N–H and O–H groups in total. The SMILES string of the molecule is CCC(CC)(CCO)CNC(=O)C1CC(C)CC(C)C1. The Hall–Kier alpha value is -0.570. The maximum atomic E-state index is 12.4. The lowest BCUT2D eigenvalue weighted by Gasteiger charge is -2.34. The monoisotopic (exact) mass is 283 g/mol. The Morgan fingerprint density at radius 1 is 1.15 bits per heavy atom. The highest BCUT2D eigenvalue weighted by Gasteiger charge is 2.31. The van der Waals surface area contributed by atoms with Crippen LogP contribution in [0.25, 0.3) is 0 Å². The van der Waals surface area contributed by atoms with Crippen molar-refractivity contribution >= 4 is 5.91 Å². The van der Waals surface area contributed by atoms with Crippen molar-refractivity contribution in [3.63, 3.8) is 0 Å². The Kier molecular flexibility index (Phi) is 7.01. The lowest BCUT2D eigenvalue weighted by atomic mass is 9.76. The van der Waals surface area contributed by atoms with Crippen LogP contribution in [0.3, 0.4) is 0 Å². The first-order valence-corrected chi connectivity index (χ1v) is 8.35. The number of nitrogens with one attached hydrogen (secondary N) is 1. The number of carbonyl (C=O) groups is 1. The lowest BCUT2D eigenvalue weighted by Crippen LogP contribution is -2.42. The smallest absolute Gasteiger partial charge is 0.223 e. The fourth-order valence-corrected chi connectivity index (χ4v) is 3.76. The first-order chi connectivity index (χ1) is 9.46. The predicted octanol–water partition coefficient (Wildman–Crippen LogP) is 3.36. The van der Waals surface area contributed by atoms with Gasteiger partial charge in [-0.3, -0.25) is 4.79 Å². The van der Waals surface area contributed by atoms with Gasteiger partial charge in [0.1, 0.15) is 0 Å². The van der Waals surface area contributed by atoms with Crippen molar-refractivity contribution < 1.29 is 9.90 Å². The molecule has 1 aliphatic rings. The Labute approximate surface area is 124 Å². The highest BCUT2D eigenvalue weighted by molar-refractivity contribution is 5.78. The van der Waals surface area contributed by atoms with E-state index in [1.54, 1.807) is 0 Å². The van der Waals surface area contributed by atoms with Crippen LogP contribution in [0, 0.1) is 23.2 Å². The van der Waals surface area contributed by atoms with Gasteiger partial charge in [0.25, 0.3) is 0 Å². The molecule has 0 spiro atoms. The molecule has 0 saturated heterocycles. The lowest BCUT2D eigenvalue weighted by molar-refractivity contribution is -0.127. The largest absolute Gasteiger partial charge is 0.396 e. The summed E-state index contributed by atoms with van der Waals surface area (Å²) in [5.74, 6) is 1.74. The second kappa shape index (κ2) is 8.02. The second-order valence-electron chi connectivity index (χ2n) is 7.01. The molecule has 0 heterocycles. The van der Waals surface area contributed by atoms with Gasteiger partial charge in [0, 0.05) is 19.1 Å². The molecule has 3 heteroatoms. The number of hydrogen-bond donors (Lipinski definition) is 2. The molecule has 0 aliphatic heterocycles. The minimum absolute atomic E-state index is 0.0658. The van der Waals surface area contributed by atoms with Crippen LogP contribution >= 0.6 is 0 Å². The first-order valence-electron chi connectivity index (χ1n) is 8.35. The molecule has 3 nitrogen and oxygen atoms in total. The van der Waals surface area contributed by atoms with Gasteiger partial charge >= 0.3 is 0 Å². The van der Waals surface area contributed by atoms with E-state index in [0.717, 1.165) is 32.1 Å². The summed E-state index contributed by atoms with van der Waals surface area (Å²) in [4.78, 5) is 12.4. The molecule has 1 amide bonds. The maximum Gasteiger partial charge on any atom is 0.223 e. The standard InChI is InChI=1S/C17H33NO2/c1-5-17(6-2,7-8-19)12-18-16(20)15-10-13(3)9-14(4)11-15/h13-15,19H,5-12H2,1-4H3,(H,18,20). The van der Waals surface area contributed by atoms with Crippen molar-refractivity contribution in [2.75, 3.05) is 13.2 Å². The van der Waals surface area contributed by atoms with Crippen molar-refractivity contribution in [3.05, 3.63) is 0 Å². The van der Waals surface area contributed by atoms with Crippen LogP contribution in [0.2, 0.25) is 0 Å². The first kappa shape index (κ1) is 17.5. The van der Waals surface area contributed by atoms with Crippen LogP contribution in [-0.2, 0) is 4.79 Å². The minimum Gasteiger partial charge on any atom is -0.396 e. The second-order valence-corrected chi connectivity index (χ2v) is 7.01. The van der Waals surface area contributed by atoms with Gasteiger partial charge in [-0.15, -0.1) is 0 Å². The molecular weight excluding hydrogens is 250 g/mol. The molecule has 1 aliphatic carbocycles. The van der Waals surface area contributed by atoms with Crippen molar-refractivity contribution in [1.29, 1.82) is 0 Å². The average molecular weight is 283 g/mol. The molecule has 2 unspecified atom stereocenters. The van der Waals surface area contributed by atoms with Crippen LogP contribution in [0.5, 0.6) is 0 Å². The third-order valence-corrected chi connectivity index (χ3v) is 5.33. The molecule has 0 aromatic heterocycles. The summed E-state index contributed by atoms with van der Waals surface area (Å²) >= 11 is 0. The topological polar surface area (TPSA) is 49.3 Å². The van der Waals surface area contributed by atoms with Crippen molar-refractivity contribution in [2.45, 2.75) is 66.2 Å². The van der Waals surface area contributed by atoms with Crippen molar-refractivity contribution in [3.8, 4) is 0 Å². The number of carbonyl (C=O) groups excluding carboxylic acids is 1. The number of aliphatic hydroxyl groups excluding tert-OH is 1. The van der Waals surface area contributed by atoms with Gasteiger partial charge in [-0.2, -0.15) is 0 Å². The maximum absolute atomic E-state index is 12.4. The average Bonchev–Trinajstić information content (AvgIpc) is 2.42. The van der Waals surface area contributed by atoms with Crippen LogP contribution in [0.15, 0.2) is 0 Å². The van der Waals surface area contributed by atoms with E-state index in [2.05, 4.69) is 33.0 Å². The summed E-state index contributed by atoms with van der Waals surface area (Å²) in [6.07, 6.45) is 6.09. The fraction of sp³-hybridized carbons (Fsp3) is 0.941. The predicted molar refractivity (Wildman–Crippen MR) is 83.4 cm³/mol. The van der Waals surface area contributed by atoms with Gasteiger partial charge in [0.2, 0.25) is 5.91 Å². The molecule has 0 radical (unpaired) electrons. The zero-order chi connectivity index (χ0) is 15.2. The fourth-order valence-electron chi connectivity index (χ4n) is 3.76. The minimum atomic E-state index is 0.0658. The van der Waals surface area contributed by atoms with E-state index in [1.165, 1.54) is 6.42 Å². The summed E-state index contributed by atoms with van der Waals surface area (Å²) in [7, 11) is 0. The summed E-state index contributed by atoms with van der Waals surface area (Å²) in [6.45, 7) is 9.72. The number of hydrogen-bond acceptors (Lipinski definition) is 2. The number of aliphatic hydroxyl groups is 1. The number of rotatable bonds is 7. The zero-order valence-electron chi connectivity index (χ0n) is 13.7. The molecule has 1 rings (SSSR count). The number of amides is 1. The molecular formula is C17H33NO2. The van der Waals surface area contributed by atoms with Crippen molar-refractivity contribution in [1.82, 2.24) is 5.32 Å². The van der Waals surface area contributed by atoms with Gasteiger partial charge in [0.15, 0.2) is 0 Å². The van der Waals surface area contributed by atoms with Gasteiger partial charge in [-0.05, 0) is 55.8 Å². The Morgan fingerprint density at radius 3 is 2.15 bits per heavy atom. The third kappa shape index (κ3) is 4.76.